The highest BCUT2D eigenvalue weighted by Gasteiger charge is 2.47. The van der Waals surface area contributed by atoms with Gasteiger partial charge in [0.15, 0.2) is 5.96 Å². The van der Waals surface area contributed by atoms with Crippen molar-refractivity contribution in [2.24, 2.45) is 16.3 Å². The van der Waals surface area contributed by atoms with Crippen molar-refractivity contribution in [1.29, 1.82) is 0 Å². The lowest BCUT2D eigenvalue weighted by Gasteiger charge is -2.32. The van der Waals surface area contributed by atoms with Gasteiger partial charge in [0.1, 0.15) is 5.00 Å². The Hall–Kier alpha value is -1.86. The summed E-state index contributed by atoms with van der Waals surface area (Å²) in [5.41, 5.74) is 1.39. The van der Waals surface area contributed by atoms with Crippen molar-refractivity contribution in [3.8, 4) is 0 Å². The molecule has 3 N–H and O–H groups in total. The van der Waals surface area contributed by atoms with E-state index in [2.05, 4.69) is 39.8 Å². The highest BCUT2D eigenvalue weighted by molar-refractivity contribution is 6.24. The Morgan fingerprint density at radius 3 is 2.79 bits per heavy atom. The van der Waals surface area contributed by atoms with Gasteiger partial charge in [-0.15, -0.1) is 0 Å². The minimum absolute atomic E-state index is 0.205. The van der Waals surface area contributed by atoms with Crippen LogP contribution in [0, 0.1) is 11.3 Å². The van der Waals surface area contributed by atoms with Crippen molar-refractivity contribution < 1.29 is 4.79 Å². The SMILES string of the molecule is CC[C@@H](C)C(C)(Cl)/N=C(\NC)Nc1cncc(N2CCC3(CCNCC3)C2=O)c1. The van der Waals surface area contributed by atoms with Crippen molar-refractivity contribution in [1.82, 2.24) is 15.6 Å². The molecule has 1 aromatic rings. The van der Waals surface area contributed by atoms with E-state index < -0.39 is 5.00 Å². The number of nitrogens with one attached hydrogen (secondary N) is 3. The maximum atomic E-state index is 13.2. The maximum Gasteiger partial charge on any atom is 0.233 e. The molecule has 1 aromatic heterocycles. The Bertz CT molecular complexity index is 759. The number of hydrogen-bond acceptors (Lipinski definition) is 4. The van der Waals surface area contributed by atoms with Crippen molar-refractivity contribution in [3.05, 3.63) is 18.5 Å². The second-order valence-electron chi connectivity index (χ2n) is 8.34. The van der Waals surface area contributed by atoms with E-state index in [0.29, 0.717) is 5.96 Å². The van der Waals surface area contributed by atoms with Crippen LogP contribution in [0.2, 0.25) is 0 Å². The summed E-state index contributed by atoms with van der Waals surface area (Å²) >= 11 is 6.62. The third kappa shape index (κ3) is 4.67. The molecule has 0 aliphatic carbocycles. The van der Waals surface area contributed by atoms with Gasteiger partial charge in [-0.25, -0.2) is 4.99 Å². The number of piperidine rings is 1. The van der Waals surface area contributed by atoms with Gasteiger partial charge in [0.25, 0.3) is 0 Å². The number of alkyl halides is 1. The molecule has 1 unspecified atom stereocenters. The molecule has 1 amide bonds. The zero-order chi connectivity index (χ0) is 21.1. The molecule has 2 fully saturated rings. The van der Waals surface area contributed by atoms with Crippen LogP contribution in [0.4, 0.5) is 11.4 Å². The van der Waals surface area contributed by atoms with Crippen LogP contribution in [-0.2, 0) is 4.79 Å². The molecule has 7 nitrogen and oxygen atoms in total. The molecule has 2 atom stereocenters. The maximum absolute atomic E-state index is 13.2. The van der Waals surface area contributed by atoms with E-state index in [-0.39, 0.29) is 17.2 Å². The molecule has 160 valence electrons. The third-order valence-electron chi connectivity index (χ3n) is 6.45. The topological polar surface area (TPSA) is 81.7 Å². The van der Waals surface area contributed by atoms with Gasteiger partial charge in [-0.1, -0.05) is 31.9 Å². The molecular formula is C21H33ClN6O. The Morgan fingerprint density at radius 1 is 1.41 bits per heavy atom. The average Bonchev–Trinajstić information content (AvgIpc) is 3.03. The molecule has 3 heterocycles. The summed E-state index contributed by atoms with van der Waals surface area (Å²) in [5.74, 6) is 1.03. The van der Waals surface area contributed by atoms with Crippen LogP contribution in [-0.4, -0.2) is 48.5 Å². The first-order valence-electron chi connectivity index (χ1n) is 10.5. The summed E-state index contributed by atoms with van der Waals surface area (Å²) in [6.45, 7) is 8.66. The molecule has 0 saturated carbocycles. The number of anilines is 2. The summed E-state index contributed by atoms with van der Waals surface area (Å²) in [4.78, 5) is 23.3. The molecule has 0 aromatic carbocycles. The summed E-state index contributed by atoms with van der Waals surface area (Å²) in [6.07, 6.45) is 7.15. The van der Waals surface area contributed by atoms with Gasteiger partial charge in [-0.05, 0) is 51.3 Å². The zero-order valence-corrected chi connectivity index (χ0v) is 18.6. The predicted molar refractivity (Wildman–Crippen MR) is 120 cm³/mol. The van der Waals surface area contributed by atoms with Gasteiger partial charge in [0.2, 0.25) is 5.91 Å². The fourth-order valence-corrected chi connectivity index (χ4v) is 4.30. The van der Waals surface area contributed by atoms with Gasteiger partial charge in [0.05, 0.1) is 29.2 Å². The molecule has 0 radical (unpaired) electrons. The molecule has 29 heavy (non-hydrogen) atoms. The van der Waals surface area contributed by atoms with E-state index >= 15 is 0 Å². The molecule has 8 heteroatoms. The van der Waals surface area contributed by atoms with Crippen molar-refractivity contribution in [3.63, 3.8) is 0 Å². The second kappa shape index (κ2) is 8.88. The van der Waals surface area contributed by atoms with Crippen LogP contribution >= 0.6 is 11.6 Å². The highest BCUT2D eigenvalue weighted by atomic mass is 35.5. The predicted octanol–water partition coefficient (Wildman–Crippen LogP) is 3.18. The van der Waals surface area contributed by atoms with Crippen molar-refractivity contribution in [2.75, 3.05) is 36.9 Å². The first-order chi connectivity index (χ1) is 13.8. The van der Waals surface area contributed by atoms with E-state index in [1.54, 1.807) is 19.4 Å². The van der Waals surface area contributed by atoms with Crippen LogP contribution in [0.3, 0.4) is 0 Å². The summed E-state index contributed by atoms with van der Waals surface area (Å²) < 4.78 is 0. The van der Waals surface area contributed by atoms with Crippen LogP contribution in [0.15, 0.2) is 23.5 Å². The second-order valence-corrected chi connectivity index (χ2v) is 9.10. The van der Waals surface area contributed by atoms with E-state index in [9.17, 15) is 4.79 Å². The van der Waals surface area contributed by atoms with Crippen molar-refractivity contribution >= 4 is 34.8 Å². The van der Waals surface area contributed by atoms with Gasteiger partial charge in [-0.3, -0.25) is 9.78 Å². The third-order valence-corrected chi connectivity index (χ3v) is 6.91. The first-order valence-corrected chi connectivity index (χ1v) is 10.9. The molecule has 1 spiro atoms. The lowest BCUT2D eigenvalue weighted by molar-refractivity contribution is -0.126. The Kier molecular flexibility index (Phi) is 6.69. The molecule has 2 saturated heterocycles. The largest absolute Gasteiger partial charge is 0.359 e. The monoisotopic (exact) mass is 420 g/mol. The van der Waals surface area contributed by atoms with E-state index in [1.807, 2.05) is 17.9 Å². The quantitative estimate of drug-likeness (QED) is 0.295. The number of guanidine groups is 1. The van der Waals surface area contributed by atoms with Crippen LogP contribution in [0.1, 0.15) is 46.5 Å². The number of nitrogens with zero attached hydrogens (tertiary/aromatic N) is 3. The number of pyridine rings is 1. The van der Waals surface area contributed by atoms with E-state index in [1.165, 1.54) is 0 Å². The minimum atomic E-state index is -0.711. The fourth-order valence-electron chi connectivity index (χ4n) is 4.06. The smallest absolute Gasteiger partial charge is 0.233 e. The van der Waals surface area contributed by atoms with Crippen LogP contribution in [0.5, 0.6) is 0 Å². The van der Waals surface area contributed by atoms with E-state index in [4.69, 9.17) is 11.6 Å². The molecule has 0 bridgehead atoms. The lowest BCUT2D eigenvalue weighted by Crippen LogP contribution is -2.42. The van der Waals surface area contributed by atoms with Crippen LogP contribution in [0.25, 0.3) is 0 Å². The number of rotatable bonds is 5. The first kappa shape index (κ1) is 21.8. The molecule has 2 aliphatic heterocycles. The number of amides is 1. The van der Waals surface area contributed by atoms with E-state index in [0.717, 1.165) is 56.7 Å². The minimum Gasteiger partial charge on any atom is -0.359 e. The molecular weight excluding hydrogens is 388 g/mol. The Labute approximate surface area is 178 Å². The number of aliphatic imine (C=N–C) groups is 1. The number of aromatic nitrogens is 1. The number of carbonyl (C=O) groups is 1. The highest BCUT2D eigenvalue weighted by Crippen LogP contribution is 2.41. The van der Waals surface area contributed by atoms with Gasteiger partial charge >= 0.3 is 0 Å². The zero-order valence-electron chi connectivity index (χ0n) is 17.9. The Balaban J connectivity index is 1.77. The Morgan fingerprint density at radius 2 is 2.14 bits per heavy atom. The van der Waals surface area contributed by atoms with Crippen LogP contribution < -0.4 is 20.9 Å². The summed E-state index contributed by atoms with van der Waals surface area (Å²) in [5, 5.41) is 9.68. The average molecular weight is 421 g/mol. The summed E-state index contributed by atoms with van der Waals surface area (Å²) in [7, 11) is 1.80. The standard InChI is InChI=1S/C21H33ClN6O/c1-5-15(2)20(3,22)27-19(23-4)26-16-12-17(14-25-13-16)28-11-8-21(18(28)29)6-9-24-10-7-21/h12-15,24H,5-11H2,1-4H3,(H2,23,26,27)/t15-,20?/m1/s1. The fraction of sp³-hybridized carbons (Fsp3) is 0.667. The van der Waals surface area contributed by atoms with Gasteiger partial charge in [0, 0.05) is 13.6 Å². The lowest BCUT2D eigenvalue weighted by atomic mass is 9.78. The molecule has 3 rings (SSSR count). The van der Waals surface area contributed by atoms with Gasteiger partial charge < -0.3 is 20.9 Å². The van der Waals surface area contributed by atoms with Gasteiger partial charge in [-0.2, -0.15) is 0 Å². The number of halogens is 1. The van der Waals surface area contributed by atoms with Crippen molar-refractivity contribution in [2.45, 2.75) is 51.5 Å². The molecule has 2 aliphatic rings. The number of hydrogen-bond donors (Lipinski definition) is 3. The number of carbonyl (C=O) groups excluding carboxylic acids is 1. The normalized spacial score (nSPS) is 22.4. The summed E-state index contributed by atoms with van der Waals surface area (Å²) in [6, 6.07) is 1.95.